The van der Waals surface area contributed by atoms with Crippen molar-refractivity contribution < 1.29 is 18.8 Å². The van der Waals surface area contributed by atoms with Gasteiger partial charge in [-0.15, -0.1) is 0 Å². The number of halogens is 1. The van der Waals surface area contributed by atoms with Crippen LogP contribution >= 0.6 is 11.3 Å². The van der Waals surface area contributed by atoms with Gasteiger partial charge in [-0.1, -0.05) is 23.5 Å². The largest absolute Gasteiger partial charge is 0.494 e. The van der Waals surface area contributed by atoms with E-state index in [2.05, 4.69) is 4.98 Å². The zero-order chi connectivity index (χ0) is 19.4. The van der Waals surface area contributed by atoms with Crippen LogP contribution in [-0.2, 0) is 0 Å². The summed E-state index contributed by atoms with van der Waals surface area (Å²) in [6, 6.07) is 11.7. The Balaban J connectivity index is 1.98. The van der Waals surface area contributed by atoms with Crippen LogP contribution in [0.1, 0.15) is 17.3 Å². The first-order valence-electron chi connectivity index (χ1n) is 8.88. The SMILES string of the molecule is CCOc1ccc2nc(N(CC[NH+](C)C)C(=O)c3ccccc3F)sc2c1. The molecule has 0 aliphatic heterocycles. The summed E-state index contributed by atoms with van der Waals surface area (Å²) in [6.07, 6.45) is 0. The van der Waals surface area contributed by atoms with Gasteiger partial charge < -0.3 is 9.64 Å². The molecule has 3 aromatic rings. The number of ether oxygens (including phenoxy) is 1. The molecular formula is C20H23FN3O2S+. The molecule has 1 heterocycles. The van der Waals surface area contributed by atoms with E-state index in [1.807, 2.05) is 39.2 Å². The molecule has 0 saturated heterocycles. The number of carbonyl (C=O) groups excluding carboxylic acids is 1. The minimum atomic E-state index is -0.524. The molecule has 1 aromatic heterocycles. The van der Waals surface area contributed by atoms with Crippen molar-refractivity contribution >= 4 is 32.6 Å². The van der Waals surface area contributed by atoms with E-state index in [0.29, 0.717) is 18.3 Å². The molecule has 1 amide bonds. The summed E-state index contributed by atoms with van der Waals surface area (Å²) in [4.78, 5) is 20.4. The lowest BCUT2D eigenvalue weighted by Crippen LogP contribution is -3.06. The van der Waals surface area contributed by atoms with Crippen LogP contribution in [0.3, 0.4) is 0 Å². The summed E-state index contributed by atoms with van der Waals surface area (Å²) in [6.45, 7) is 3.69. The number of rotatable bonds is 7. The first kappa shape index (κ1) is 19.3. The summed E-state index contributed by atoms with van der Waals surface area (Å²) in [5.74, 6) is -0.132. The van der Waals surface area contributed by atoms with Crippen LogP contribution in [0.15, 0.2) is 42.5 Å². The van der Waals surface area contributed by atoms with Crippen LogP contribution in [0, 0.1) is 5.82 Å². The molecule has 0 unspecified atom stereocenters. The fraction of sp³-hybridized carbons (Fsp3) is 0.300. The molecule has 0 bridgehead atoms. The average Bonchev–Trinajstić information content (AvgIpc) is 3.05. The number of aromatic nitrogens is 1. The van der Waals surface area contributed by atoms with E-state index >= 15 is 0 Å². The second kappa shape index (κ2) is 8.45. The Morgan fingerprint density at radius 1 is 1.26 bits per heavy atom. The van der Waals surface area contributed by atoms with E-state index in [1.165, 1.54) is 28.4 Å². The highest BCUT2D eigenvalue weighted by molar-refractivity contribution is 7.22. The van der Waals surface area contributed by atoms with Crippen LogP contribution in [0.4, 0.5) is 9.52 Å². The number of nitrogens with one attached hydrogen (secondary N) is 1. The van der Waals surface area contributed by atoms with Gasteiger partial charge >= 0.3 is 0 Å². The highest BCUT2D eigenvalue weighted by atomic mass is 32.1. The lowest BCUT2D eigenvalue weighted by atomic mass is 10.2. The molecule has 1 N–H and O–H groups in total. The number of nitrogens with zero attached hydrogens (tertiary/aromatic N) is 2. The first-order chi connectivity index (χ1) is 13.0. The van der Waals surface area contributed by atoms with Gasteiger partial charge in [0.25, 0.3) is 5.91 Å². The Bertz CT molecular complexity index is 942. The number of thiazole rings is 1. The van der Waals surface area contributed by atoms with E-state index in [9.17, 15) is 9.18 Å². The van der Waals surface area contributed by atoms with Crippen LogP contribution in [0.25, 0.3) is 10.2 Å². The summed E-state index contributed by atoms with van der Waals surface area (Å²) in [7, 11) is 4.02. The molecular weight excluding hydrogens is 365 g/mol. The monoisotopic (exact) mass is 388 g/mol. The molecule has 0 fully saturated rings. The molecule has 0 atom stereocenters. The van der Waals surface area contributed by atoms with Gasteiger partial charge in [0.15, 0.2) is 5.13 Å². The summed E-state index contributed by atoms with van der Waals surface area (Å²) < 4.78 is 20.6. The zero-order valence-electron chi connectivity index (χ0n) is 15.7. The predicted octanol–water partition coefficient (Wildman–Crippen LogP) is 2.63. The van der Waals surface area contributed by atoms with Gasteiger partial charge in [0, 0.05) is 0 Å². The maximum atomic E-state index is 14.2. The van der Waals surface area contributed by atoms with Crippen molar-refractivity contribution in [1.82, 2.24) is 4.98 Å². The van der Waals surface area contributed by atoms with Crippen molar-refractivity contribution in [3.05, 3.63) is 53.8 Å². The predicted molar refractivity (Wildman–Crippen MR) is 107 cm³/mol. The Kier molecular flexibility index (Phi) is 6.03. The highest BCUT2D eigenvalue weighted by Crippen LogP contribution is 2.32. The Hall–Kier alpha value is -2.51. The van der Waals surface area contributed by atoms with Gasteiger partial charge in [0.2, 0.25) is 0 Å². The summed E-state index contributed by atoms with van der Waals surface area (Å²) in [5, 5.41) is 0.563. The fourth-order valence-corrected chi connectivity index (χ4v) is 3.68. The minimum absolute atomic E-state index is 0.0560. The molecule has 2 aromatic carbocycles. The van der Waals surface area contributed by atoms with Crippen LogP contribution in [0.2, 0.25) is 0 Å². The number of quaternary nitrogens is 1. The van der Waals surface area contributed by atoms with E-state index in [0.717, 1.165) is 22.5 Å². The van der Waals surface area contributed by atoms with Crippen molar-refractivity contribution in [3.63, 3.8) is 0 Å². The second-order valence-corrected chi connectivity index (χ2v) is 7.46. The Morgan fingerprint density at radius 3 is 2.74 bits per heavy atom. The van der Waals surface area contributed by atoms with Crippen LogP contribution in [-0.4, -0.2) is 44.7 Å². The lowest BCUT2D eigenvalue weighted by Gasteiger charge is -2.20. The smallest absolute Gasteiger partial charge is 0.263 e. The number of hydrogen-bond donors (Lipinski definition) is 1. The molecule has 27 heavy (non-hydrogen) atoms. The van der Waals surface area contributed by atoms with Crippen LogP contribution < -0.4 is 14.5 Å². The van der Waals surface area contributed by atoms with Gasteiger partial charge in [-0.25, -0.2) is 9.37 Å². The molecule has 7 heteroatoms. The fourth-order valence-electron chi connectivity index (χ4n) is 2.66. The number of carbonyl (C=O) groups is 1. The molecule has 5 nitrogen and oxygen atoms in total. The van der Waals surface area contributed by atoms with Crippen molar-refractivity contribution in [2.75, 3.05) is 38.7 Å². The van der Waals surface area contributed by atoms with E-state index in [-0.39, 0.29) is 11.5 Å². The van der Waals surface area contributed by atoms with E-state index in [1.54, 1.807) is 17.0 Å². The molecule has 142 valence electrons. The summed E-state index contributed by atoms with van der Waals surface area (Å²) in [5.41, 5.74) is 0.850. The lowest BCUT2D eigenvalue weighted by molar-refractivity contribution is -0.856. The second-order valence-electron chi connectivity index (χ2n) is 6.45. The Morgan fingerprint density at radius 2 is 2.04 bits per heavy atom. The third kappa shape index (κ3) is 4.43. The summed E-state index contributed by atoms with van der Waals surface area (Å²) >= 11 is 1.41. The first-order valence-corrected chi connectivity index (χ1v) is 9.70. The highest BCUT2D eigenvalue weighted by Gasteiger charge is 2.24. The molecule has 0 saturated carbocycles. The van der Waals surface area contributed by atoms with Gasteiger partial charge in [-0.2, -0.15) is 0 Å². The van der Waals surface area contributed by atoms with Gasteiger partial charge in [-0.05, 0) is 37.3 Å². The molecule has 0 aliphatic carbocycles. The molecule has 3 rings (SSSR count). The van der Waals surface area contributed by atoms with Crippen molar-refractivity contribution in [2.45, 2.75) is 6.92 Å². The normalized spacial score (nSPS) is 11.1. The third-order valence-electron chi connectivity index (χ3n) is 4.08. The zero-order valence-corrected chi connectivity index (χ0v) is 16.5. The number of fused-ring (bicyclic) bond motifs is 1. The maximum absolute atomic E-state index is 14.2. The number of likely N-dealkylation sites (N-methyl/N-ethyl adjacent to an activating group) is 1. The average molecular weight is 388 g/mol. The maximum Gasteiger partial charge on any atom is 0.263 e. The Labute approximate surface area is 162 Å². The van der Waals surface area contributed by atoms with Crippen LogP contribution in [0.5, 0.6) is 5.75 Å². The number of amides is 1. The molecule has 0 aliphatic rings. The number of benzene rings is 2. The molecule has 0 radical (unpaired) electrons. The van der Waals surface area contributed by atoms with Crippen molar-refractivity contribution in [2.24, 2.45) is 0 Å². The topological polar surface area (TPSA) is 46.9 Å². The van der Waals surface area contributed by atoms with E-state index in [4.69, 9.17) is 4.74 Å². The van der Waals surface area contributed by atoms with Crippen molar-refractivity contribution in [1.29, 1.82) is 0 Å². The van der Waals surface area contributed by atoms with Gasteiger partial charge in [-0.3, -0.25) is 9.69 Å². The molecule has 0 spiro atoms. The van der Waals surface area contributed by atoms with E-state index < -0.39 is 5.82 Å². The van der Waals surface area contributed by atoms with Gasteiger partial charge in [0.1, 0.15) is 11.6 Å². The van der Waals surface area contributed by atoms with Gasteiger partial charge in [0.05, 0.1) is 49.6 Å². The standard InChI is InChI=1S/C20H22FN3O2S/c1-4-26-14-9-10-17-18(13-14)27-20(22-17)24(12-11-23(2)3)19(25)15-7-5-6-8-16(15)21/h5-10,13H,4,11-12H2,1-3H3/p+1. The minimum Gasteiger partial charge on any atom is -0.494 e. The number of hydrogen-bond acceptors (Lipinski definition) is 4. The van der Waals surface area contributed by atoms with Crippen molar-refractivity contribution in [3.8, 4) is 5.75 Å². The third-order valence-corrected chi connectivity index (χ3v) is 5.12. The number of anilines is 1. The quantitative estimate of drug-likeness (QED) is 0.677.